The highest BCUT2D eigenvalue weighted by atomic mass is 127. The molecule has 0 aromatic carbocycles. The van der Waals surface area contributed by atoms with Crippen molar-refractivity contribution in [1.29, 1.82) is 0 Å². The Hall–Kier alpha value is -0.0800. The zero-order valence-corrected chi connectivity index (χ0v) is 17.2. The first kappa shape index (κ1) is 24.2. The Kier molecular flexibility index (Phi) is 20.8. The van der Waals surface area contributed by atoms with E-state index in [-0.39, 0.29) is 24.0 Å². The lowest BCUT2D eigenvalue weighted by atomic mass is 10.2. The largest absolute Gasteiger partial charge is 0.381 e. The van der Waals surface area contributed by atoms with E-state index in [4.69, 9.17) is 9.47 Å². The molecule has 0 amide bonds. The van der Waals surface area contributed by atoms with E-state index >= 15 is 0 Å². The predicted molar refractivity (Wildman–Crippen MR) is 105 cm³/mol. The molecule has 134 valence electrons. The second kappa shape index (κ2) is 19.0. The van der Waals surface area contributed by atoms with Crippen LogP contribution in [0.2, 0.25) is 0 Å². The Labute approximate surface area is 154 Å². The van der Waals surface area contributed by atoms with Crippen LogP contribution in [0, 0.1) is 5.92 Å². The van der Waals surface area contributed by atoms with Gasteiger partial charge in [-0.05, 0) is 25.7 Å². The Morgan fingerprint density at radius 2 is 1.73 bits per heavy atom. The van der Waals surface area contributed by atoms with Crippen LogP contribution in [0.1, 0.15) is 47.0 Å². The smallest absolute Gasteiger partial charge is 0.191 e. The number of hydrogen-bond acceptors (Lipinski definition) is 3. The topological polar surface area (TPSA) is 54.9 Å². The molecule has 0 aromatic heterocycles. The summed E-state index contributed by atoms with van der Waals surface area (Å²) in [5.74, 6) is 1.44. The van der Waals surface area contributed by atoms with Crippen molar-refractivity contribution in [3.8, 4) is 0 Å². The van der Waals surface area contributed by atoms with Gasteiger partial charge in [0.15, 0.2) is 5.96 Å². The molecule has 6 heteroatoms. The number of rotatable bonds is 13. The lowest BCUT2D eigenvalue weighted by molar-refractivity contribution is 0.114. The van der Waals surface area contributed by atoms with E-state index in [2.05, 4.69) is 43.3 Å². The fourth-order valence-electron chi connectivity index (χ4n) is 1.61. The first-order valence-electron chi connectivity index (χ1n) is 8.38. The molecule has 5 nitrogen and oxygen atoms in total. The van der Waals surface area contributed by atoms with Crippen molar-refractivity contribution in [3.63, 3.8) is 0 Å². The van der Waals surface area contributed by atoms with Crippen LogP contribution < -0.4 is 10.6 Å². The van der Waals surface area contributed by atoms with Crippen molar-refractivity contribution in [2.75, 3.05) is 46.1 Å². The van der Waals surface area contributed by atoms with E-state index in [0.29, 0.717) is 12.5 Å². The fourth-order valence-corrected chi connectivity index (χ4v) is 1.61. The Morgan fingerprint density at radius 3 is 2.36 bits per heavy atom. The minimum Gasteiger partial charge on any atom is -0.381 e. The fraction of sp³-hybridized carbons (Fsp3) is 0.938. The summed E-state index contributed by atoms with van der Waals surface area (Å²) < 4.78 is 11.1. The molecule has 0 spiro atoms. The molecular weight excluding hydrogens is 393 g/mol. The third-order valence-corrected chi connectivity index (χ3v) is 2.69. The van der Waals surface area contributed by atoms with Gasteiger partial charge in [0.2, 0.25) is 0 Å². The van der Waals surface area contributed by atoms with Crippen molar-refractivity contribution in [1.82, 2.24) is 10.6 Å². The van der Waals surface area contributed by atoms with Crippen LogP contribution in [0.4, 0.5) is 0 Å². The van der Waals surface area contributed by atoms with E-state index in [1.807, 2.05) is 0 Å². The summed E-state index contributed by atoms with van der Waals surface area (Å²) in [4.78, 5) is 4.52. The van der Waals surface area contributed by atoms with Crippen LogP contribution in [-0.2, 0) is 9.47 Å². The molecule has 0 aromatic rings. The van der Waals surface area contributed by atoms with Crippen molar-refractivity contribution < 1.29 is 9.47 Å². The van der Waals surface area contributed by atoms with Gasteiger partial charge in [-0.15, -0.1) is 24.0 Å². The summed E-state index contributed by atoms with van der Waals surface area (Å²) in [7, 11) is 0. The van der Waals surface area contributed by atoms with Crippen LogP contribution in [0.25, 0.3) is 0 Å². The second-order valence-corrected chi connectivity index (χ2v) is 5.48. The molecule has 0 unspecified atom stereocenters. The monoisotopic (exact) mass is 429 g/mol. The summed E-state index contributed by atoms with van der Waals surface area (Å²) in [6.45, 7) is 14.2. The number of nitrogens with zero attached hydrogens (tertiary/aromatic N) is 1. The molecule has 0 aliphatic heterocycles. The summed E-state index contributed by atoms with van der Waals surface area (Å²) in [5, 5.41) is 6.51. The molecule has 22 heavy (non-hydrogen) atoms. The number of unbranched alkanes of at least 4 members (excludes halogenated alkanes) is 1. The normalized spacial score (nSPS) is 11.4. The number of hydrogen-bond donors (Lipinski definition) is 2. The van der Waals surface area contributed by atoms with Gasteiger partial charge in [-0.3, -0.25) is 4.99 Å². The molecule has 0 bridgehead atoms. The Balaban J connectivity index is 0. The van der Waals surface area contributed by atoms with Gasteiger partial charge in [-0.1, -0.05) is 27.2 Å². The highest BCUT2D eigenvalue weighted by Crippen LogP contribution is 1.92. The number of nitrogens with one attached hydrogen (secondary N) is 2. The number of halogens is 1. The SMILES string of the molecule is CCCCOCCCN=C(NCC)NCCOCC(C)C.I. The Morgan fingerprint density at radius 1 is 1.00 bits per heavy atom. The predicted octanol–water partition coefficient (Wildman–Crippen LogP) is 3.04. The maximum absolute atomic E-state index is 5.54. The summed E-state index contributed by atoms with van der Waals surface area (Å²) >= 11 is 0. The maximum Gasteiger partial charge on any atom is 0.191 e. The molecule has 0 aliphatic rings. The van der Waals surface area contributed by atoms with Crippen LogP contribution in [0.3, 0.4) is 0 Å². The van der Waals surface area contributed by atoms with Crippen LogP contribution in [0.5, 0.6) is 0 Å². The molecule has 0 radical (unpaired) electrons. The highest BCUT2D eigenvalue weighted by Gasteiger charge is 1.97. The zero-order valence-electron chi connectivity index (χ0n) is 14.8. The van der Waals surface area contributed by atoms with E-state index < -0.39 is 0 Å². The molecular formula is C16H36IN3O2. The standard InChI is InChI=1S/C16H35N3O2.HI/c1-5-7-11-20-12-8-9-18-16(17-6-2)19-10-13-21-14-15(3)4;/h15H,5-14H2,1-4H3,(H2,17,18,19);1H. The second-order valence-electron chi connectivity index (χ2n) is 5.48. The van der Waals surface area contributed by atoms with E-state index in [1.165, 1.54) is 6.42 Å². The minimum atomic E-state index is 0. The molecule has 0 aliphatic carbocycles. The third kappa shape index (κ3) is 18.0. The van der Waals surface area contributed by atoms with Gasteiger partial charge in [0.25, 0.3) is 0 Å². The quantitative estimate of drug-likeness (QED) is 0.205. The van der Waals surface area contributed by atoms with Gasteiger partial charge in [0.1, 0.15) is 0 Å². The lowest BCUT2D eigenvalue weighted by Gasteiger charge is -2.12. The van der Waals surface area contributed by atoms with Gasteiger partial charge in [0, 0.05) is 39.5 Å². The minimum absolute atomic E-state index is 0. The van der Waals surface area contributed by atoms with E-state index in [0.717, 1.165) is 58.3 Å². The van der Waals surface area contributed by atoms with Gasteiger partial charge in [-0.25, -0.2) is 0 Å². The van der Waals surface area contributed by atoms with Crippen LogP contribution in [-0.4, -0.2) is 52.0 Å². The van der Waals surface area contributed by atoms with Crippen LogP contribution >= 0.6 is 24.0 Å². The lowest BCUT2D eigenvalue weighted by Crippen LogP contribution is -2.39. The molecule has 0 saturated heterocycles. The number of ether oxygens (including phenoxy) is 2. The van der Waals surface area contributed by atoms with Gasteiger partial charge < -0.3 is 20.1 Å². The molecule has 2 N–H and O–H groups in total. The van der Waals surface area contributed by atoms with Gasteiger partial charge in [-0.2, -0.15) is 0 Å². The van der Waals surface area contributed by atoms with Gasteiger partial charge in [0.05, 0.1) is 6.61 Å². The van der Waals surface area contributed by atoms with Gasteiger partial charge >= 0.3 is 0 Å². The van der Waals surface area contributed by atoms with Crippen molar-refractivity contribution in [2.45, 2.75) is 47.0 Å². The molecule has 0 fully saturated rings. The van der Waals surface area contributed by atoms with Crippen molar-refractivity contribution in [3.05, 3.63) is 0 Å². The molecule has 0 saturated carbocycles. The number of guanidine groups is 1. The third-order valence-electron chi connectivity index (χ3n) is 2.69. The van der Waals surface area contributed by atoms with Crippen molar-refractivity contribution >= 4 is 29.9 Å². The molecule has 0 heterocycles. The first-order valence-corrected chi connectivity index (χ1v) is 8.38. The van der Waals surface area contributed by atoms with E-state index in [1.54, 1.807) is 0 Å². The summed E-state index contributed by atoms with van der Waals surface area (Å²) in [6.07, 6.45) is 3.29. The Bertz CT molecular complexity index is 252. The first-order chi connectivity index (χ1) is 10.2. The van der Waals surface area contributed by atoms with Crippen molar-refractivity contribution in [2.24, 2.45) is 10.9 Å². The summed E-state index contributed by atoms with van der Waals surface area (Å²) in [6, 6.07) is 0. The molecule has 0 atom stereocenters. The molecule has 0 rings (SSSR count). The maximum atomic E-state index is 5.54. The highest BCUT2D eigenvalue weighted by molar-refractivity contribution is 14.0. The zero-order chi connectivity index (χ0) is 15.8. The summed E-state index contributed by atoms with van der Waals surface area (Å²) in [5.41, 5.74) is 0. The average Bonchev–Trinajstić information content (AvgIpc) is 2.45. The van der Waals surface area contributed by atoms with E-state index in [9.17, 15) is 0 Å². The number of aliphatic imine (C=N–C) groups is 1. The average molecular weight is 429 g/mol. The van der Waals surface area contributed by atoms with Crippen LogP contribution in [0.15, 0.2) is 4.99 Å².